The number of aromatic hydroxyl groups is 1. The average Bonchev–Trinajstić information content (AvgIpc) is 3.25. The van der Waals surface area contributed by atoms with Crippen molar-refractivity contribution >= 4 is 22.6 Å². The van der Waals surface area contributed by atoms with Crippen LogP contribution in [-0.4, -0.2) is 30.3 Å². The largest absolute Gasteiger partial charge is 0.508 e. The van der Waals surface area contributed by atoms with Crippen LogP contribution >= 0.6 is 0 Å². The zero-order valence-electron chi connectivity index (χ0n) is 17.2. The van der Waals surface area contributed by atoms with Gasteiger partial charge in [0.2, 0.25) is 5.55 Å². The Hall–Kier alpha value is -3.12. The maximum absolute atomic E-state index is 12.9. The lowest BCUT2D eigenvalue weighted by molar-refractivity contribution is 0.0854. The topological polar surface area (TPSA) is 84.1 Å². The van der Waals surface area contributed by atoms with E-state index in [-0.39, 0.29) is 23.3 Å². The Kier molecular flexibility index (Phi) is 5.86. The number of amides is 1. The molecule has 1 aliphatic heterocycles. The number of nitrogens with one attached hydrogen (secondary N) is 1. The first-order chi connectivity index (χ1) is 14.5. The highest BCUT2D eigenvalue weighted by atomic mass is 16.5. The smallest absolute Gasteiger partial charge is 0.256 e. The van der Waals surface area contributed by atoms with Crippen molar-refractivity contribution < 1.29 is 19.1 Å². The number of ether oxygens (including phenoxy) is 1. The molecule has 1 unspecified atom stereocenters. The molecule has 4 rings (SSSR count). The number of hydrogen-bond donors (Lipinski definition) is 2. The van der Waals surface area contributed by atoms with Crippen molar-refractivity contribution in [1.82, 2.24) is 5.32 Å². The van der Waals surface area contributed by atoms with Crippen molar-refractivity contribution in [2.45, 2.75) is 38.7 Å². The zero-order chi connectivity index (χ0) is 21.1. The Morgan fingerprint density at radius 2 is 2.00 bits per heavy atom. The van der Waals surface area contributed by atoms with Crippen molar-refractivity contribution in [3.63, 3.8) is 0 Å². The molecule has 156 valence electrons. The third-order valence-corrected chi connectivity index (χ3v) is 5.28. The van der Waals surface area contributed by atoms with Crippen LogP contribution in [0.25, 0.3) is 11.0 Å². The van der Waals surface area contributed by atoms with Gasteiger partial charge in [-0.15, -0.1) is 0 Å². The molecule has 2 aromatic carbocycles. The molecule has 6 nitrogen and oxygen atoms in total. The van der Waals surface area contributed by atoms with Gasteiger partial charge in [0.25, 0.3) is 5.91 Å². The van der Waals surface area contributed by atoms with Crippen LogP contribution in [-0.2, 0) is 4.74 Å². The molecule has 3 aromatic rings. The van der Waals surface area contributed by atoms with Gasteiger partial charge in [-0.2, -0.15) is 0 Å². The Morgan fingerprint density at radius 3 is 2.70 bits per heavy atom. The number of fused-ring (bicyclic) bond motifs is 1. The molecule has 0 spiro atoms. The molecule has 0 radical (unpaired) electrons. The fourth-order valence-corrected chi connectivity index (χ4v) is 3.51. The van der Waals surface area contributed by atoms with Gasteiger partial charge in [0.05, 0.1) is 11.8 Å². The average molecular weight is 406 g/mol. The predicted octanol–water partition coefficient (Wildman–Crippen LogP) is 4.40. The van der Waals surface area contributed by atoms with Gasteiger partial charge < -0.3 is 19.6 Å². The Balaban J connectivity index is 1.72. The molecule has 0 aliphatic carbocycles. The molecule has 6 heteroatoms. The maximum Gasteiger partial charge on any atom is 0.256 e. The predicted molar refractivity (Wildman–Crippen MR) is 115 cm³/mol. The summed E-state index contributed by atoms with van der Waals surface area (Å²) >= 11 is 0. The highest BCUT2D eigenvalue weighted by molar-refractivity contribution is 5.96. The van der Waals surface area contributed by atoms with Crippen LogP contribution in [0.4, 0.5) is 5.69 Å². The maximum atomic E-state index is 12.9. The Bertz CT molecular complexity index is 1110. The number of carbonyl (C=O) groups excluding carboxylic acids is 1. The van der Waals surface area contributed by atoms with Gasteiger partial charge in [-0.05, 0) is 54.7 Å². The summed E-state index contributed by atoms with van der Waals surface area (Å²) < 4.78 is 11.5. The number of carbonyl (C=O) groups is 1. The van der Waals surface area contributed by atoms with E-state index in [0.29, 0.717) is 34.7 Å². The molecule has 30 heavy (non-hydrogen) atoms. The van der Waals surface area contributed by atoms with Gasteiger partial charge in [0.1, 0.15) is 16.9 Å². The van der Waals surface area contributed by atoms with Crippen LogP contribution in [0.1, 0.15) is 48.5 Å². The molecule has 1 saturated heterocycles. The molecule has 1 aliphatic rings. The minimum Gasteiger partial charge on any atom is -0.508 e. The first-order valence-electron chi connectivity index (χ1n) is 10.3. The first kappa shape index (κ1) is 20.2. The fraction of sp³-hybridized carbons (Fsp3) is 0.333. The third-order valence-electron chi connectivity index (χ3n) is 5.28. The standard InChI is InChI=1S/C24H26N2O4/c1-15(2)16-5-8-18(9-6-16)26-24-21(23(28)25-14-20-4-3-11-29-20)12-17-7-10-19(27)13-22(17)30-24/h5-10,12-13,15,20,27H,3-4,11,14H2,1-2H3,(H,25,28). The normalized spacial score (nSPS) is 17.0. The summed E-state index contributed by atoms with van der Waals surface area (Å²) in [4.78, 5) is 17.5. The van der Waals surface area contributed by atoms with Crippen LogP contribution in [0.2, 0.25) is 0 Å². The van der Waals surface area contributed by atoms with E-state index in [4.69, 9.17) is 9.15 Å². The van der Waals surface area contributed by atoms with E-state index in [0.717, 1.165) is 19.4 Å². The first-order valence-corrected chi connectivity index (χ1v) is 10.3. The zero-order valence-corrected chi connectivity index (χ0v) is 17.2. The van der Waals surface area contributed by atoms with Gasteiger partial charge in [0.15, 0.2) is 0 Å². The second-order valence-corrected chi connectivity index (χ2v) is 7.89. The van der Waals surface area contributed by atoms with E-state index < -0.39 is 0 Å². The molecule has 0 saturated carbocycles. The molecular weight excluding hydrogens is 380 g/mol. The van der Waals surface area contributed by atoms with Gasteiger partial charge in [0, 0.05) is 24.6 Å². The van der Waals surface area contributed by atoms with Crippen molar-refractivity contribution in [3.8, 4) is 5.75 Å². The van der Waals surface area contributed by atoms with E-state index in [9.17, 15) is 9.90 Å². The number of hydrogen-bond acceptors (Lipinski definition) is 5. The lowest BCUT2D eigenvalue weighted by atomic mass is 10.0. The van der Waals surface area contributed by atoms with Crippen LogP contribution in [0.5, 0.6) is 5.75 Å². The van der Waals surface area contributed by atoms with E-state index in [1.165, 1.54) is 11.6 Å². The summed E-state index contributed by atoms with van der Waals surface area (Å²) in [5.41, 5.74) is 2.91. The highest BCUT2D eigenvalue weighted by Crippen LogP contribution is 2.21. The lowest BCUT2D eigenvalue weighted by Gasteiger charge is -2.11. The molecule has 1 amide bonds. The van der Waals surface area contributed by atoms with Gasteiger partial charge >= 0.3 is 0 Å². The Labute approximate surface area is 175 Å². The molecule has 1 aromatic heterocycles. The van der Waals surface area contributed by atoms with E-state index >= 15 is 0 Å². The van der Waals surface area contributed by atoms with Crippen LogP contribution in [0.3, 0.4) is 0 Å². The summed E-state index contributed by atoms with van der Waals surface area (Å²) in [7, 11) is 0. The van der Waals surface area contributed by atoms with Crippen molar-refractivity contribution in [2.24, 2.45) is 4.99 Å². The van der Waals surface area contributed by atoms with Crippen molar-refractivity contribution in [2.75, 3.05) is 13.2 Å². The van der Waals surface area contributed by atoms with Crippen molar-refractivity contribution in [1.29, 1.82) is 0 Å². The molecule has 2 N–H and O–H groups in total. The Morgan fingerprint density at radius 1 is 1.20 bits per heavy atom. The molecule has 1 fully saturated rings. The number of phenols is 1. The number of benzene rings is 2. The third kappa shape index (κ3) is 4.54. The minimum absolute atomic E-state index is 0.0484. The number of phenolic OH excluding ortho intramolecular Hbond substituents is 1. The summed E-state index contributed by atoms with van der Waals surface area (Å²) in [6.07, 6.45) is 2.01. The lowest BCUT2D eigenvalue weighted by Crippen LogP contribution is -2.34. The van der Waals surface area contributed by atoms with Crippen LogP contribution in [0.15, 0.2) is 57.9 Å². The quantitative estimate of drug-likeness (QED) is 0.658. The molecule has 2 heterocycles. The summed E-state index contributed by atoms with van der Waals surface area (Å²) in [5.74, 6) is 0.252. The number of rotatable bonds is 5. The molecular formula is C24H26N2O4. The summed E-state index contributed by atoms with van der Waals surface area (Å²) in [5, 5.41) is 13.4. The molecule has 0 bridgehead atoms. The van der Waals surface area contributed by atoms with Crippen molar-refractivity contribution in [3.05, 3.63) is 65.2 Å². The monoisotopic (exact) mass is 406 g/mol. The second-order valence-electron chi connectivity index (χ2n) is 7.89. The van der Waals surface area contributed by atoms with E-state index in [1.807, 2.05) is 24.3 Å². The summed E-state index contributed by atoms with van der Waals surface area (Å²) in [6, 6.07) is 14.4. The molecule has 1 atom stereocenters. The van der Waals surface area contributed by atoms with Gasteiger partial charge in [-0.1, -0.05) is 26.0 Å². The van der Waals surface area contributed by atoms with Crippen LogP contribution in [0, 0.1) is 0 Å². The SMILES string of the molecule is CC(C)c1ccc(N=c2oc3cc(O)ccc3cc2C(=O)NCC2CCCO2)cc1. The van der Waals surface area contributed by atoms with E-state index in [1.54, 1.807) is 18.2 Å². The van der Waals surface area contributed by atoms with Gasteiger partial charge in [-0.3, -0.25) is 4.79 Å². The number of nitrogens with zero attached hydrogens (tertiary/aromatic N) is 1. The highest BCUT2D eigenvalue weighted by Gasteiger charge is 2.18. The van der Waals surface area contributed by atoms with Crippen LogP contribution < -0.4 is 10.9 Å². The fourth-order valence-electron chi connectivity index (χ4n) is 3.51. The van der Waals surface area contributed by atoms with Gasteiger partial charge in [-0.25, -0.2) is 4.99 Å². The minimum atomic E-state index is -0.262. The second kappa shape index (κ2) is 8.71. The van der Waals surface area contributed by atoms with E-state index in [2.05, 4.69) is 24.2 Å². The summed E-state index contributed by atoms with van der Waals surface area (Å²) in [6.45, 7) is 5.46.